The minimum atomic E-state index is -3.04. The topological polar surface area (TPSA) is 34.1 Å². The van der Waals surface area contributed by atoms with Crippen LogP contribution < -0.4 is 0 Å². The van der Waals surface area contributed by atoms with Gasteiger partial charge in [0.25, 0.3) is 0 Å². The van der Waals surface area contributed by atoms with E-state index >= 15 is 0 Å². The molecule has 0 N–H and O–H groups in total. The molecule has 9 heavy (non-hydrogen) atoms. The lowest BCUT2D eigenvalue weighted by molar-refractivity contribution is 0.612. The quantitative estimate of drug-likeness (QED) is 0.591. The molecule has 0 aliphatic rings. The Bertz CT molecular complexity index is 191. The number of hydrogen-bond acceptors (Lipinski definition) is 2. The maximum Gasteiger partial charge on any atom is 0.192 e. The molecule has 0 aromatic rings. The first-order chi connectivity index (χ1) is 4.12. The van der Waals surface area contributed by atoms with Crippen molar-refractivity contribution in [3.8, 4) is 0 Å². The predicted molar refractivity (Wildman–Crippen MR) is 38.5 cm³/mol. The summed E-state index contributed by atoms with van der Waals surface area (Å²) in [5.41, 5.74) is 0. The van der Waals surface area contributed by atoms with Crippen molar-refractivity contribution in [2.45, 2.75) is 13.8 Å². The van der Waals surface area contributed by atoms with Crippen molar-refractivity contribution in [1.29, 1.82) is 0 Å². The Kier molecular flexibility index (Phi) is 3.24. The van der Waals surface area contributed by atoms with Gasteiger partial charge in [-0.1, -0.05) is 12.2 Å². The summed E-state index contributed by atoms with van der Waals surface area (Å²) in [6, 6.07) is 0. The van der Waals surface area contributed by atoms with E-state index in [2.05, 4.69) is 0 Å². The first-order valence-electron chi connectivity index (χ1n) is 2.63. The number of sulfone groups is 1. The summed E-state index contributed by atoms with van der Waals surface area (Å²) in [5.74, 6) is 0. The van der Waals surface area contributed by atoms with Gasteiger partial charge in [0.1, 0.15) is 0 Å². The van der Waals surface area contributed by atoms with Crippen LogP contribution in [0, 0.1) is 0 Å². The third-order valence-corrected chi connectivity index (χ3v) is 1.95. The third kappa shape index (κ3) is 3.97. The fraction of sp³-hybridized carbons (Fsp3) is 0.333. The molecule has 0 rings (SSSR count). The maximum atomic E-state index is 10.7. The van der Waals surface area contributed by atoms with Crippen LogP contribution in [0.4, 0.5) is 0 Å². The van der Waals surface area contributed by atoms with Gasteiger partial charge in [-0.15, -0.1) is 0 Å². The Morgan fingerprint density at radius 1 is 1.00 bits per heavy atom. The van der Waals surface area contributed by atoms with E-state index < -0.39 is 9.84 Å². The highest BCUT2D eigenvalue weighted by Crippen LogP contribution is 1.93. The van der Waals surface area contributed by atoms with Gasteiger partial charge in [-0.05, 0) is 13.8 Å². The second kappa shape index (κ2) is 3.45. The van der Waals surface area contributed by atoms with Gasteiger partial charge in [0.15, 0.2) is 9.84 Å². The van der Waals surface area contributed by atoms with Crippen molar-refractivity contribution in [3.63, 3.8) is 0 Å². The molecule has 0 aliphatic carbocycles. The van der Waals surface area contributed by atoms with E-state index in [9.17, 15) is 8.42 Å². The van der Waals surface area contributed by atoms with Gasteiger partial charge in [0.05, 0.1) is 0 Å². The molecule has 0 unspecified atom stereocenters. The zero-order chi connectivity index (χ0) is 7.33. The average Bonchev–Trinajstić information content (AvgIpc) is 1.64. The molecule has 0 fully saturated rings. The van der Waals surface area contributed by atoms with Crippen LogP contribution in [-0.2, 0) is 9.84 Å². The van der Waals surface area contributed by atoms with Gasteiger partial charge >= 0.3 is 0 Å². The molecule has 0 saturated carbocycles. The zero-order valence-corrected chi connectivity index (χ0v) is 6.35. The minimum absolute atomic E-state index is 1.16. The van der Waals surface area contributed by atoms with Crippen LogP contribution in [0.5, 0.6) is 0 Å². The fourth-order valence-electron chi connectivity index (χ4n) is 0.425. The van der Waals surface area contributed by atoms with Gasteiger partial charge < -0.3 is 0 Å². The first-order valence-corrected chi connectivity index (χ1v) is 4.24. The van der Waals surface area contributed by atoms with Crippen LogP contribution in [0.25, 0.3) is 0 Å². The van der Waals surface area contributed by atoms with Crippen molar-refractivity contribution < 1.29 is 8.42 Å². The Morgan fingerprint density at radius 2 is 1.33 bits per heavy atom. The molecule has 2 nitrogen and oxygen atoms in total. The number of allylic oxidation sites excluding steroid dienone is 2. The monoisotopic (exact) mass is 146 g/mol. The van der Waals surface area contributed by atoms with Crippen molar-refractivity contribution in [1.82, 2.24) is 0 Å². The van der Waals surface area contributed by atoms with Crippen molar-refractivity contribution in [3.05, 3.63) is 23.0 Å². The highest BCUT2D eigenvalue weighted by atomic mass is 32.2. The lowest BCUT2D eigenvalue weighted by atomic mass is 10.8. The van der Waals surface area contributed by atoms with Gasteiger partial charge in [-0.3, -0.25) is 0 Å². The zero-order valence-electron chi connectivity index (χ0n) is 5.53. The highest BCUT2D eigenvalue weighted by Gasteiger charge is 1.94. The summed E-state index contributed by atoms with van der Waals surface area (Å²) in [5, 5.41) is 2.32. The van der Waals surface area contributed by atoms with Crippen LogP contribution in [0.2, 0.25) is 0 Å². The molecule has 0 bridgehead atoms. The normalized spacial score (nSPS) is 13.6. The smallest absolute Gasteiger partial charge is 0.192 e. The van der Waals surface area contributed by atoms with E-state index in [0.717, 1.165) is 10.8 Å². The molecule has 0 saturated heterocycles. The molecular weight excluding hydrogens is 136 g/mol. The second-order valence-corrected chi connectivity index (χ2v) is 3.25. The van der Waals surface area contributed by atoms with Gasteiger partial charge in [0.2, 0.25) is 0 Å². The molecule has 0 spiro atoms. The fourth-order valence-corrected chi connectivity index (χ4v) is 1.27. The van der Waals surface area contributed by atoms with E-state index in [1.807, 2.05) is 0 Å². The third-order valence-electron chi connectivity index (χ3n) is 0.652. The average molecular weight is 146 g/mol. The molecule has 52 valence electrons. The summed E-state index contributed by atoms with van der Waals surface area (Å²) in [4.78, 5) is 0. The maximum absolute atomic E-state index is 10.7. The number of hydrogen-bond donors (Lipinski definition) is 0. The van der Waals surface area contributed by atoms with Crippen LogP contribution in [-0.4, -0.2) is 8.42 Å². The van der Waals surface area contributed by atoms with Gasteiger partial charge in [0, 0.05) is 10.8 Å². The van der Waals surface area contributed by atoms with Crippen LogP contribution in [0.3, 0.4) is 0 Å². The van der Waals surface area contributed by atoms with Crippen LogP contribution in [0.1, 0.15) is 13.8 Å². The molecule has 0 radical (unpaired) electrons. The van der Waals surface area contributed by atoms with Crippen LogP contribution >= 0.6 is 0 Å². The molecule has 3 heteroatoms. The molecule has 0 heterocycles. The standard InChI is InChI=1S/C6H10O2S/c1-3-5-9(7,8)6-4-2/h3-6H,1-2H3/b5-3+,6-4+. The Labute approximate surface area is 55.8 Å². The van der Waals surface area contributed by atoms with Gasteiger partial charge in [-0.25, -0.2) is 8.42 Å². The summed E-state index contributed by atoms with van der Waals surface area (Å²) < 4.78 is 21.3. The minimum Gasteiger partial charge on any atom is -0.220 e. The summed E-state index contributed by atoms with van der Waals surface area (Å²) >= 11 is 0. The van der Waals surface area contributed by atoms with E-state index in [4.69, 9.17) is 0 Å². The van der Waals surface area contributed by atoms with Gasteiger partial charge in [-0.2, -0.15) is 0 Å². The molecule has 0 aromatic heterocycles. The lowest BCUT2D eigenvalue weighted by Gasteiger charge is -1.82. The highest BCUT2D eigenvalue weighted by molar-refractivity contribution is 7.97. The predicted octanol–water partition coefficient (Wildman–Crippen LogP) is 1.47. The van der Waals surface area contributed by atoms with E-state index in [1.165, 1.54) is 12.2 Å². The Balaban J connectivity index is 4.42. The largest absolute Gasteiger partial charge is 0.220 e. The molecule has 0 amide bonds. The van der Waals surface area contributed by atoms with Crippen molar-refractivity contribution in [2.75, 3.05) is 0 Å². The van der Waals surface area contributed by atoms with E-state index in [0.29, 0.717) is 0 Å². The van der Waals surface area contributed by atoms with E-state index in [1.54, 1.807) is 13.8 Å². The molecule has 0 aliphatic heterocycles. The molecule has 0 atom stereocenters. The van der Waals surface area contributed by atoms with Crippen LogP contribution in [0.15, 0.2) is 23.0 Å². The lowest BCUT2D eigenvalue weighted by Crippen LogP contribution is -1.85. The first kappa shape index (κ1) is 8.43. The summed E-state index contributed by atoms with van der Waals surface area (Å²) in [6.45, 7) is 3.34. The Hall–Kier alpha value is -0.570. The molecule has 0 aromatic carbocycles. The summed E-state index contributed by atoms with van der Waals surface area (Å²) in [7, 11) is -3.04. The van der Waals surface area contributed by atoms with Crippen molar-refractivity contribution in [2.24, 2.45) is 0 Å². The van der Waals surface area contributed by atoms with Crippen molar-refractivity contribution >= 4 is 9.84 Å². The summed E-state index contributed by atoms with van der Waals surface area (Å²) in [6.07, 6.45) is 2.99. The number of rotatable bonds is 2. The van der Waals surface area contributed by atoms with E-state index in [-0.39, 0.29) is 0 Å². The SMILES string of the molecule is C/C=C/S(=O)(=O)/C=C/C. The Morgan fingerprint density at radius 3 is 1.56 bits per heavy atom. The second-order valence-electron chi connectivity index (χ2n) is 1.53. The molecular formula is C6H10O2S.